The summed E-state index contributed by atoms with van der Waals surface area (Å²) < 4.78 is 2.90. The molecule has 8 heteroatoms. The van der Waals surface area contributed by atoms with E-state index in [9.17, 15) is 9.59 Å². The number of aromatic nitrogens is 5. The molecule has 0 amide bonds. The van der Waals surface area contributed by atoms with Gasteiger partial charge in [0.25, 0.3) is 11.1 Å². The van der Waals surface area contributed by atoms with Crippen molar-refractivity contribution in [3.63, 3.8) is 0 Å². The molecule has 5 aromatic rings. The van der Waals surface area contributed by atoms with Crippen LogP contribution < -0.4 is 11.1 Å². The third kappa shape index (κ3) is 3.58. The van der Waals surface area contributed by atoms with Gasteiger partial charge in [-0.3, -0.25) is 14.2 Å². The van der Waals surface area contributed by atoms with Crippen LogP contribution >= 0.6 is 11.8 Å². The maximum absolute atomic E-state index is 13.4. The van der Waals surface area contributed by atoms with Crippen LogP contribution in [0.15, 0.2) is 81.5 Å². The van der Waals surface area contributed by atoms with E-state index >= 15 is 0 Å². The fraction of sp³-hybridized carbons (Fsp3) is 0.125. The lowest BCUT2D eigenvalue weighted by Crippen LogP contribution is -2.25. The van der Waals surface area contributed by atoms with Gasteiger partial charge in [-0.15, -0.1) is 5.10 Å². The topological polar surface area (TPSA) is 82.7 Å². The molecular weight excluding hydrogens is 422 g/mol. The van der Waals surface area contributed by atoms with Crippen LogP contribution in [0.5, 0.6) is 0 Å². The minimum Gasteiger partial charge on any atom is -0.268 e. The molecule has 0 N–H and O–H groups in total. The predicted molar refractivity (Wildman–Crippen MR) is 126 cm³/mol. The van der Waals surface area contributed by atoms with Crippen molar-refractivity contribution in [1.82, 2.24) is 24.5 Å². The quantitative estimate of drug-likeness (QED) is 0.311. The predicted octanol–water partition coefficient (Wildman–Crippen LogP) is 3.86. The van der Waals surface area contributed by atoms with Crippen molar-refractivity contribution in [2.45, 2.75) is 24.9 Å². The molecule has 0 atom stereocenters. The molecular formula is C24H19N5O2S. The molecule has 0 unspecified atom stereocenters. The van der Waals surface area contributed by atoms with Gasteiger partial charge in [-0.25, -0.2) is 4.98 Å². The summed E-state index contributed by atoms with van der Waals surface area (Å²) in [7, 11) is 0. The lowest BCUT2D eigenvalue weighted by atomic mass is 10.1. The van der Waals surface area contributed by atoms with E-state index in [1.165, 1.54) is 16.4 Å². The summed E-state index contributed by atoms with van der Waals surface area (Å²) in [4.78, 5) is 31.0. The number of aryl methyl sites for hydroxylation is 2. The van der Waals surface area contributed by atoms with E-state index in [1.54, 1.807) is 28.8 Å². The Hall–Kier alpha value is -3.78. The zero-order chi connectivity index (χ0) is 22.2. The minimum atomic E-state index is -0.232. The van der Waals surface area contributed by atoms with Gasteiger partial charge in [0.2, 0.25) is 0 Å². The van der Waals surface area contributed by atoms with Crippen molar-refractivity contribution in [1.29, 1.82) is 0 Å². The Bertz CT molecular complexity index is 1590. The number of benzene rings is 3. The fourth-order valence-corrected chi connectivity index (χ4v) is 4.63. The summed E-state index contributed by atoms with van der Waals surface area (Å²) in [6.45, 7) is 3.99. The Balaban J connectivity index is 1.64. The lowest BCUT2D eigenvalue weighted by molar-refractivity contribution is 0.642. The molecule has 0 bridgehead atoms. The van der Waals surface area contributed by atoms with Crippen molar-refractivity contribution in [2.75, 3.05) is 0 Å². The summed E-state index contributed by atoms with van der Waals surface area (Å²) in [5.41, 5.74) is 3.61. The van der Waals surface area contributed by atoms with Crippen LogP contribution in [0, 0.1) is 13.8 Å². The number of para-hydroxylation sites is 1. The van der Waals surface area contributed by atoms with Gasteiger partial charge < -0.3 is 0 Å². The smallest absolute Gasteiger partial charge is 0.268 e. The van der Waals surface area contributed by atoms with Gasteiger partial charge >= 0.3 is 0 Å². The molecule has 32 heavy (non-hydrogen) atoms. The minimum absolute atomic E-state index is 0.153. The number of fused-ring (bicyclic) bond motifs is 2. The Kier molecular flexibility index (Phi) is 5.07. The first kappa shape index (κ1) is 20.1. The molecule has 158 valence electrons. The van der Waals surface area contributed by atoms with Crippen LogP contribution in [0.25, 0.3) is 27.5 Å². The fourth-order valence-electron chi connectivity index (χ4n) is 3.74. The van der Waals surface area contributed by atoms with Crippen LogP contribution in [0.3, 0.4) is 0 Å². The Morgan fingerprint density at radius 1 is 0.812 bits per heavy atom. The van der Waals surface area contributed by atoms with E-state index in [-0.39, 0.29) is 17.0 Å². The van der Waals surface area contributed by atoms with Crippen LogP contribution in [0.2, 0.25) is 0 Å². The van der Waals surface area contributed by atoms with Gasteiger partial charge in [0, 0.05) is 0 Å². The molecule has 0 radical (unpaired) electrons. The average molecular weight is 442 g/mol. The second-order valence-electron chi connectivity index (χ2n) is 7.58. The molecule has 0 spiro atoms. The van der Waals surface area contributed by atoms with Gasteiger partial charge in [0.05, 0.1) is 27.9 Å². The molecule has 2 heterocycles. The first-order valence-corrected chi connectivity index (χ1v) is 11.1. The second-order valence-corrected chi connectivity index (χ2v) is 8.49. The SMILES string of the molecule is Cc1cc(C)cc(-n2c(SCn3nnc4ccccc4c3=O)nc3ccccc3c2=O)c1. The van der Waals surface area contributed by atoms with Crippen molar-refractivity contribution in [3.05, 3.63) is 98.6 Å². The molecule has 0 fully saturated rings. The first-order valence-electron chi connectivity index (χ1n) is 10.1. The lowest BCUT2D eigenvalue weighted by Gasteiger charge is -2.14. The molecule has 2 aromatic heterocycles. The molecule has 0 aliphatic carbocycles. The van der Waals surface area contributed by atoms with E-state index in [0.29, 0.717) is 27.0 Å². The third-order valence-electron chi connectivity index (χ3n) is 5.15. The van der Waals surface area contributed by atoms with Crippen molar-refractivity contribution in [2.24, 2.45) is 0 Å². The molecule has 0 saturated carbocycles. The Morgan fingerprint density at radius 2 is 1.44 bits per heavy atom. The van der Waals surface area contributed by atoms with Gasteiger partial charge in [-0.2, -0.15) is 4.68 Å². The zero-order valence-corrected chi connectivity index (χ0v) is 18.3. The highest BCUT2D eigenvalue weighted by Gasteiger charge is 2.15. The van der Waals surface area contributed by atoms with Crippen LogP contribution in [0.4, 0.5) is 0 Å². The number of thioether (sulfide) groups is 1. The van der Waals surface area contributed by atoms with Crippen LogP contribution in [-0.4, -0.2) is 24.5 Å². The zero-order valence-electron chi connectivity index (χ0n) is 17.5. The van der Waals surface area contributed by atoms with E-state index < -0.39 is 0 Å². The van der Waals surface area contributed by atoms with E-state index in [4.69, 9.17) is 4.98 Å². The van der Waals surface area contributed by atoms with E-state index in [0.717, 1.165) is 16.8 Å². The highest BCUT2D eigenvalue weighted by atomic mass is 32.2. The van der Waals surface area contributed by atoms with Gasteiger partial charge in [-0.1, -0.05) is 47.3 Å². The van der Waals surface area contributed by atoms with Crippen LogP contribution in [0.1, 0.15) is 11.1 Å². The van der Waals surface area contributed by atoms with E-state index in [2.05, 4.69) is 16.4 Å². The molecule has 3 aromatic carbocycles. The van der Waals surface area contributed by atoms with Gasteiger partial charge in [0.15, 0.2) is 5.16 Å². The summed E-state index contributed by atoms with van der Waals surface area (Å²) in [6, 6.07) is 20.3. The molecule has 5 rings (SSSR count). The third-order valence-corrected chi connectivity index (χ3v) is 6.06. The number of rotatable bonds is 4. The largest absolute Gasteiger partial charge is 0.278 e. The second kappa shape index (κ2) is 8.05. The first-order chi connectivity index (χ1) is 15.5. The van der Waals surface area contributed by atoms with Gasteiger partial charge in [-0.05, 0) is 61.4 Å². The summed E-state index contributed by atoms with van der Waals surface area (Å²) >= 11 is 1.27. The van der Waals surface area contributed by atoms with Crippen molar-refractivity contribution in [3.8, 4) is 5.69 Å². The maximum atomic E-state index is 13.4. The number of hydrogen-bond donors (Lipinski definition) is 0. The molecule has 0 aliphatic rings. The normalized spacial score (nSPS) is 11.3. The highest BCUT2D eigenvalue weighted by Crippen LogP contribution is 2.23. The van der Waals surface area contributed by atoms with Gasteiger partial charge in [0.1, 0.15) is 5.52 Å². The summed E-state index contributed by atoms with van der Waals surface area (Å²) in [5.74, 6) is 0.173. The maximum Gasteiger partial charge on any atom is 0.278 e. The molecule has 0 saturated heterocycles. The average Bonchev–Trinajstić information content (AvgIpc) is 2.78. The summed E-state index contributed by atoms with van der Waals surface area (Å²) in [5, 5.41) is 9.72. The highest BCUT2D eigenvalue weighted by molar-refractivity contribution is 7.98. The van der Waals surface area contributed by atoms with Crippen LogP contribution in [-0.2, 0) is 5.88 Å². The van der Waals surface area contributed by atoms with Crippen molar-refractivity contribution < 1.29 is 0 Å². The number of nitrogens with zero attached hydrogens (tertiary/aromatic N) is 5. The summed E-state index contributed by atoms with van der Waals surface area (Å²) in [6.07, 6.45) is 0. The molecule has 0 aliphatic heterocycles. The Morgan fingerprint density at radius 3 is 2.16 bits per heavy atom. The monoisotopic (exact) mass is 441 g/mol. The Labute approximate surface area is 187 Å². The number of hydrogen-bond acceptors (Lipinski definition) is 6. The molecule has 7 nitrogen and oxygen atoms in total. The standard InChI is InChI=1S/C24H19N5O2S/c1-15-11-16(2)13-17(12-15)29-23(31)18-7-3-5-9-20(18)25-24(29)32-14-28-22(30)19-8-4-6-10-21(19)26-27-28/h3-13H,14H2,1-2H3. The van der Waals surface area contributed by atoms with E-state index in [1.807, 2.05) is 50.2 Å². The van der Waals surface area contributed by atoms with Crippen molar-refractivity contribution >= 4 is 33.6 Å².